The van der Waals surface area contributed by atoms with Crippen LogP contribution < -0.4 is 10.1 Å². The molecule has 4 bridgehead atoms. The van der Waals surface area contributed by atoms with Crippen molar-refractivity contribution >= 4 is 12.0 Å². The van der Waals surface area contributed by atoms with E-state index >= 15 is 0 Å². The molecule has 0 radical (unpaired) electrons. The maximum absolute atomic E-state index is 12.5. The molecule has 1 aromatic rings. The van der Waals surface area contributed by atoms with E-state index < -0.39 is 0 Å². The second-order valence-corrected chi connectivity index (χ2v) is 9.01. The van der Waals surface area contributed by atoms with Gasteiger partial charge in [-0.25, -0.2) is 0 Å². The Kier molecular flexibility index (Phi) is 5.12. The predicted octanol–water partition coefficient (Wildman–Crippen LogP) is 4.99. The number of rotatable bonds is 7. The average Bonchev–Trinajstić information content (AvgIpc) is 2.64. The highest BCUT2D eigenvalue weighted by molar-refractivity contribution is 5.91. The van der Waals surface area contributed by atoms with Crippen LogP contribution in [0.4, 0.5) is 0 Å². The zero-order valence-corrected chi connectivity index (χ0v) is 16.3. The minimum Gasteiger partial charge on any atom is -0.490 e. The molecule has 144 valence electrons. The maximum atomic E-state index is 12.5. The smallest absolute Gasteiger partial charge is 0.244 e. The van der Waals surface area contributed by atoms with Crippen LogP contribution in [0.2, 0.25) is 0 Å². The van der Waals surface area contributed by atoms with Gasteiger partial charge in [0, 0.05) is 12.1 Å². The highest BCUT2D eigenvalue weighted by atomic mass is 16.5. The number of hydrogen-bond acceptors (Lipinski definition) is 2. The van der Waals surface area contributed by atoms with Gasteiger partial charge in [-0.2, -0.15) is 0 Å². The standard InChI is InChI=1S/C24H31NO2/c1-3-10-27-22-7-4-18(5-8-22)6-9-23(26)25-17(2)24-14-19-11-20(15-24)13-21(12-19)16-24/h3-9,17,19-21H,1,10-16H2,2H3,(H,25,26)/b9-6+/t17-,19?,20?,21?,24?/m0/s1. The van der Waals surface area contributed by atoms with Gasteiger partial charge in [-0.15, -0.1) is 0 Å². The Hall–Kier alpha value is -2.03. The number of hydrogen-bond donors (Lipinski definition) is 1. The van der Waals surface area contributed by atoms with Crippen molar-refractivity contribution in [3.63, 3.8) is 0 Å². The summed E-state index contributed by atoms with van der Waals surface area (Å²) >= 11 is 0. The van der Waals surface area contributed by atoms with Crippen LogP contribution >= 0.6 is 0 Å². The first-order valence-corrected chi connectivity index (χ1v) is 10.4. The molecule has 1 amide bonds. The lowest BCUT2D eigenvalue weighted by Gasteiger charge is -2.59. The molecule has 3 heteroatoms. The summed E-state index contributed by atoms with van der Waals surface area (Å²) in [6, 6.07) is 8.02. The molecule has 0 aromatic heterocycles. The first kappa shape index (κ1) is 18.3. The molecule has 4 fully saturated rings. The molecule has 4 aliphatic rings. The van der Waals surface area contributed by atoms with Gasteiger partial charge in [0.25, 0.3) is 0 Å². The van der Waals surface area contributed by atoms with Crippen LogP contribution in [0.5, 0.6) is 5.75 Å². The molecule has 0 heterocycles. The molecule has 3 nitrogen and oxygen atoms in total. The van der Waals surface area contributed by atoms with Crippen molar-refractivity contribution in [1.82, 2.24) is 5.32 Å². The molecule has 27 heavy (non-hydrogen) atoms. The first-order valence-electron chi connectivity index (χ1n) is 10.4. The molecule has 1 aromatic carbocycles. The summed E-state index contributed by atoms with van der Waals surface area (Å²) in [6.07, 6.45) is 13.5. The van der Waals surface area contributed by atoms with Gasteiger partial charge < -0.3 is 10.1 Å². The van der Waals surface area contributed by atoms with Crippen LogP contribution in [-0.2, 0) is 4.79 Å². The average molecular weight is 366 g/mol. The summed E-state index contributed by atoms with van der Waals surface area (Å²) < 4.78 is 5.48. The van der Waals surface area contributed by atoms with Crippen LogP contribution in [0, 0.1) is 23.2 Å². The normalized spacial score (nSPS) is 32.4. The number of amides is 1. The van der Waals surface area contributed by atoms with Crippen LogP contribution in [0.15, 0.2) is 43.0 Å². The van der Waals surface area contributed by atoms with Gasteiger partial charge in [0.1, 0.15) is 12.4 Å². The lowest BCUT2D eigenvalue weighted by molar-refractivity contribution is -0.121. The molecule has 0 aliphatic heterocycles. The molecular weight excluding hydrogens is 334 g/mol. The quantitative estimate of drug-likeness (QED) is 0.546. The first-order chi connectivity index (χ1) is 13.1. The van der Waals surface area contributed by atoms with E-state index in [1.54, 1.807) is 12.2 Å². The van der Waals surface area contributed by atoms with Crippen LogP contribution in [-0.4, -0.2) is 18.6 Å². The van der Waals surface area contributed by atoms with Crippen molar-refractivity contribution in [2.45, 2.75) is 51.5 Å². The Morgan fingerprint density at radius 2 is 1.78 bits per heavy atom. The van der Waals surface area contributed by atoms with Crippen molar-refractivity contribution in [2.75, 3.05) is 6.61 Å². The minimum absolute atomic E-state index is 0.0187. The van der Waals surface area contributed by atoms with Crippen molar-refractivity contribution in [3.05, 3.63) is 48.6 Å². The minimum atomic E-state index is 0.0187. The number of carbonyl (C=O) groups is 1. The third-order valence-electron chi connectivity index (χ3n) is 7.04. The summed E-state index contributed by atoms with van der Waals surface area (Å²) in [6.45, 7) is 6.37. The zero-order valence-electron chi connectivity index (χ0n) is 16.3. The Morgan fingerprint density at radius 1 is 1.19 bits per heavy atom. The number of carbonyl (C=O) groups excluding carboxylic acids is 1. The lowest BCUT2D eigenvalue weighted by atomic mass is 9.48. The van der Waals surface area contributed by atoms with Crippen molar-refractivity contribution in [3.8, 4) is 5.75 Å². The van der Waals surface area contributed by atoms with Crippen LogP contribution in [0.25, 0.3) is 6.08 Å². The third kappa shape index (κ3) is 3.97. The van der Waals surface area contributed by atoms with E-state index in [-0.39, 0.29) is 11.9 Å². The maximum Gasteiger partial charge on any atom is 0.244 e. The van der Waals surface area contributed by atoms with Gasteiger partial charge in [-0.3, -0.25) is 4.79 Å². The molecular formula is C24H31NO2. The largest absolute Gasteiger partial charge is 0.490 e. The van der Waals surface area contributed by atoms with Crippen molar-refractivity contribution in [1.29, 1.82) is 0 Å². The van der Waals surface area contributed by atoms with E-state index in [2.05, 4.69) is 18.8 Å². The van der Waals surface area contributed by atoms with E-state index in [9.17, 15) is 4.79 Å². The molecule has 0 saturated heterocycles. The lowest BCUT2D eigenvalue weighted by Crippen LogP contribution is -2.55. The summed E-state index contributed by atoms with van der Waals surface area (Å²) in [5.74, 6) is 3.56. The van der Waals surface area contributed by atoms with Gasteiger partial charge in [0.2, 0.25) is 5.91 Å². The summed E-state index contributed by atoms with van der Waals surface area (Å²) in [5.41, 5.74) is 1.35. The third-order valence-corrected chi connectivity index (χ3v) is 7.04. The molecule has 0 spiro atoms. The number of benzene rings is 1. The molecule has 5 rings (SSSR count). The summed E-state index contributed by atoms with van der Waals surface area (Å²) in [5, 5.41) is 3.28. The molecule has 1 atom stereocenters. The molecule has 0 unspecified atom stereocenters. The van der Waals surface area contributed by atoms with Gasteiger partial charge >= 0.3 is 0 Å². The monoisotopic (exact) mass is 365 g/mol. The number of nitrogens with one attached hydrogen (secondary N) is 1. The Bertz CT molecular complexity index is 683. The van der Waals surface area contributed by atoms with Gasteiger partial charge in [0.05, 0.1) is 0 Å². The fourth-order valence-electron chi connectivity index (χ4n) is 6.12. The summed E-state index contributed by atoms with van der Waals surface area (Å²) in [7, 11) is 0. The van der Waals surface area contributed by atoms with E-state index in [0.29, 0.717) is 12.0 Å². The van der Waals surface area contributed by atoms with Crippen LogP contribution in [0.1, 0.15) is 51.0 Å². The Labute approximate surface area is 162 Å². The van der Waals surface area contributed by atoms with Crippen molar-refractivity contribution in [2.24, 2.45) is 23.2 Å². The highest BCUT2D eigenvalue weighted by Gasteiger charge is 2.53. The molecule has 4 saturated carbocycles. The second-order valence-electron chi connectivity index (χ2n) is 9.01. The van der Waals surface area contributed by atoms with E-state index in [4.69, 9.17) is 4.74 Å². The van der Waals surface area contributed by atoms with E-state index in [1.807, 2.05) is 30.3 Å². The fraction of sp³-hybridized carbons (Fsp3) is 0.542. The molecule has 1 N–H and O–H groups in total. The van der Waals surface area contributed by atoms with E-state index in [1.165, 1.54) is 38.5 Å². The topological polar surface area (TPSA) is 38.3 Å². The molecule has 4 aliphatic carbocycles. The fourth-order valence-corrected chi connectivity index (χ4v) is 6.12. The summed E-state index contributed by atoms with van der Waals surface area (Å²) in [4.78, 5) is 12.5. The zero-order chi connectivity index (χ0) is 18.9. The van der Waals surface area contributed by atoms with Gasteiger partial charge in [-0.1, -0.05) is 24.8 Å². The number of ether oxygens (including phenoxy) is 1. The van der Waals surface area contributed by atoms with E-state index in [0.717, 1.165) is 29.1 Å². The Morgan fingerprint density at radius 3 is 2.33 bits per heavy atom. The Balaban J connectivity index is 1.33. The van der Waals surface area contributed by atoms with Crippen molar-refractivity contribution < 1.29 is 9.53 Å². The predicted molar refractivity (Wildman–Crippen MR) is 109 cm³/mol. The second kappa shape index (κ2) is 7.53. The van der Waals surface area contributed by atoms with Crippen LogP contribution in [0.3, 0.4) is 0 Å². The van der Waals surface area contributed by atoms with Gasteiger partial charge in [0.15, 0.2) is 0 Å². The SMILES string of the molecule is C=CCOc1ccc(/C=C/C(=O)N[C@@H](C)C23CC4CC(CC(C4)C2)C3)cc1. The highest BCUT2D eigenvalue weighted by Crippen LogP contribution is 2.61. The van der Waals surface area contributed by atoms with Gasteiger partial charge in [-0.05, 0) is 92.4 Å².